The summed E-state index contributed by atoms with van der Waals surface area (Å²) in [5.74, 6) is 0.180. The highest BCUT2D eigenvalue weighted by molar-refractivity contribution is 6.10. The summed E-state index contributed by atoms with van der Waals surface area (Å²) in [6, 6.07) is 8.31. The van der Waals surface area contributed by atoms with Crippen LogP contribution in [0.5, 0.6) is 0 Å². The quantitative estimate of drug-likeness (QED) is 0.835. The Hall–Kier alpha value is -1.65. The van der Waals surface area contributed by atoms with E-state index in [1.807, 2.05) is 31.2 Å². The lowest BCUT2D eigenvalue weighted by atomic mass is 9.98. The number of aryl methyl sites for hydroxylation is 1. The van der Waals surface area contributed by atoms with Crippen LogP contribution in [0.1, 0.15) is 41.7 Å². The number of ketones is 1. The van der Waals surface area contributed by atoms with Gasteiger partial charge in [0.15, 0.2) is 5.78 Å². The Kier molecular flexibility index (Phi) is 4.60. The largest absolute Gasteiger partial charge is 0.396 e. The van der Waals surface area contributed by atoms with Gasteiger partial charge in [-0.25, -0.2) is 0 Å². The Bertz CT molecular complexity index is 660. The van der Waals surface area contributed by atoms with Gasteiger partial charge in [0.05, 0.1) is 6.54 Å². The number of Topliss-reactive ketones (excluding diaryl/α,β-unsaturated/α-hetero) is 1. The van der Waals surface area contributed by atoms with E-state index in [1.54, 1.807) is 0 Å². The molecule has 1 aromatic carbocycles. The van der Waals surface area contributed by atoms with Gasteiger partial charge >= 0.3 is 0 Å². The van der Waals surface area contributed by atoms with E-state index in [2.05, 4.69) is 9.88 Å². The van der Waals surface area contributed by atoms with Crippen molar-refractivity contribution in [3.8, 4) is 0 Å². The van der Waals surface area contributed by atoms with E-state index < -0.39 is 0 Å². The van der Waals surface area contributed by atoms with Gasteiger partial charge in [0.25, 0.3) is 0 Å². The number of nitrogens with one attached hydrogen (secondary N) is 1. The van der Waals surface area contributed by atoms with Crippen molar-refractivity contribution in [3.63, 3.8) is 0 Å². The molecule has 0 radical (unpaired) electrons. The number of aliphatic hydroxyl groups excluding tert-OH is 1. The Morgan fingerprint density at radius 3 is 3.00 bits per heavy atom. The van der Waals surface area contributed by atoms with Crippen molar-refractivity contribution in [1.29, 1.82) is 0 Å². The van der Waals surface area contributed by atoms with Crippen molar-refractivity contribution in [2.45, 2.75) is 38.6 Å². The summed E-state index contributed by atoms with van der Waals surface area (Å²) in [6.07, 6.45) is 4.18. The van der Waals surface area contributed by atoms with E-state index in [0.717, 1.165) is 48.0 Å². The van der Waals surface area contributed by atoms with E-state index in [4.69, 9.17) is 0 Å². The van der Waals surface area contributed by atoms with Gasteiger partial charge in [0, 0.05) is 34.8 Å². The van der Waals surface area contributed by atoms with Crippen LogP contribution in [0, 0.1) is 6.92 Å². The van der Waals surface area contributed by atoms with E-state index >= 15 is 0 Å². The lowest BCUT2D eigenvalue weighted by Gasteiger charge is -2.34. The molecule has 2 aromatic rings. The summed E-state index contributed by atoms with van der Waals surface area (Å²) < 4.78 is 0. The zero-order chi connectivity index (χ0) is 15.5. The minimum atomic E-state index is 0.180. The van der Waals surface area contributed by atoms with Gasteiger partial charge in [-0.15, -0.1) is 0 Å². The van der Waals surface area contributed by atoms with Crippen LogP contribution in [0.25, 0.3) is 10.9 Å². The molecule has 4 nitrogen and oxygen atoms in total. The third kappa shape index (κ3) is 2.94. The molecule has 4 heteroatoms. The molecule has 1 atom stereocenters. The SMILES string of the molecule is Cc1[nH]c2ccccc2c1C(=O)CN1CCCC[C@H]1CCO. The second kappa shape index (κ2) is 6.63. The Morgan fingerprint density at radius 2 is 2.18 bits per heavy atom. The zero-order valence-electron chi connectivity index (χ0n) is 13.1. The van der Waals surface area contributed by atoms with Crippen LogP contribution in [-0.4, -0.2) is 46.5 Å². The number of para-hydroxylation sites is 1. The van der Waals surface area contributed by atoms with Crippen molar-refractivity contribution in [1.82, 2.24) is 9.88 Å². The molecule has 0 aliphatic carbocycles. The molecule has 0 unspecified atom stereocenters. The summed E-state index contributed by atoms with van der Waals surface area (Å²) in [7, 11) is 0. The molecule has 22 heavy (non-hydrogen) atoms. The third-order valence-electron chi connectivity index (χ3n) is 4.73. The molecule has 1 aliphatic heterocycles. The van der Waals surface area contributed by atoms with Crippen molar-refractivity contribution in [2.24, 2.45) is 0 Å². The first kappa shape index (κ1) is 15.3. The van der Waals surface area contributed by atoms with Gasteiger partial charge in [-0.3, -0.25) is 9.69 Å². The number of likely N-dealkylation sites (tertiary alicyclic amines) is 1. The number of benzene rings is 1. The number of rotatable bonds is 5. The minimum Gasteiger partial charge on any atom is -0.396 e. The molecular formula is C18H24N2O2. The predicted molar refractivity (Wildman–Crippen MR) is 88.3 cm³/mol. The van der Waals surface area contributed by atoms with Gasteiger partial charge in [-0.1, -0.05) is 24.6 Å². The maximum Gasteiger partial charge on any atom is 0.179 e. The zero-order valence-corrected chi connectivity index (χ0v) is 13.1. The first-order valence-electron chi connectivity index (χ1n) is 8.16. The molecular weight excluding hydrogens is 276 g/mol. The number of nitrogens with zero attached hydrogens (tertiary/aromatic N) is 1. The molecule has 3 rings (SSSR count). The smallest absolute Gasteiger partial charge is 0.179 e. The fourth-order valence-electron chi connectivity index (χ4n) is 3.64. The van der Waals surface area contributed by atoms with Crippen LogP contribution in [0.4, 0.5) is 0 Å². The van der Waals surface area contributed by atoms with Crippen LogP contribution in [-0.2, 0) is 0 Å². The molecule has 2 N–H and O–H groups in total. The monoisotopic (exact) mass is 300 g/mol. The number of hydrogen-bond acceptors (Lipinski definition) is 3. The van der Waals surface area contributed by atoms with Crippen molar-refractivity contribution in [3.05, 3.63) is 35.5 Å². The average molecular weight is 300 g/mol. The fraction of sp³-hybridized carbons (Fsp3) is 0.500. The lowest BCUT2D eigenvalue weighted by molar-refractivity contribution is 0.0800. The van der Waals surface area contributed by atoms with Crippen molar-refractivity contribution in [2.75, 3.05) is 19.7 Å². The summed E-state index contributed by atoms with van der Waals surface area (Å²) in [4.78, 5) is 18.4. The summed E-state index contributed by atoms with van der Waals surface area (Å²) >= 11 is 0. The molecule has 1 saturated heterocycles. The van der Waals surface area contributed by atoms with Crippen LogP contribution >= 0.6 is 0 Å². The predicted octanol–water partition coefficient (Wildman–Crippen LogP) is 2.90. The standard InChI is InChI=1S/C18H24N2O2/c1-13-18(15-7-2-3-8-16(15)19-13)17(22)12-20-10-5-4-6-14(20)9-11-21/h2-3,7-8,14,19,21H,4-6,9-12H2,1H3/t14-/m0/s1. The van der Waals surface area contributed by atoms with E-state index in [0.29, 0.717) is 12.6 Å². The summed E-state index contributed by atoms with van der Waals surface area (Å²) in [6.45, 7) is 3.57. The first-order valence-corrected chi connectivity index (χ1v) is 8.16. The molecule has 0 saturated carbocycles. The number of piperidine rings is 1. The molecule has 1 aliphatic rings. The van der Waals surface area contributed by atoms with E-state index in [9.17, 15) is 9.90 Å². The first-order chi connectivity index (χ1) is 10.7. The number of aliphatic hydroxyl groups is 1. The van der Waals surface area contributed by atoms with Crippen molar-refractivity contribution >= 4 is 16.7 Å². The highest BCUT2D eigenvalue weighted by atomic mass is 16.3. The Morgan fingerprint density at radius 1 is 1.36 bits per heavy atom. The van der Waals surface area contributed by atoms with Gasteiger partial charge in [0.2, 0.25) is 0 Å². The van der Waals surface area contributed by atoms with E-state index in [-0.39, 0.29) is 12.4 Å². The van der Waals surface area contributed by atoms with E-state index in [1.165, 1.54) is 6.42 Å². The number of carbonyl (C=O) groups excluding carboxylic acids is 1. The van der Waals surface area contributed by atoms with Crippen LogP contribution in [0.15, 0.2) is 24.3 Å². The highest BCUT2D eigenvalue weighted by Gasteiger charge is 2.25. The van der Waals surface area contributed by atoms with Gasteiger partial charge in [-0.05, 0) is 38.8 Å². The number of fused-ring (bicyclic) bond motifs is 1. The second-order valence-corrected chi connectivity index (χ2v) is 6.23. The third-order valence-corrected chi connectivity index (χ3v) is 4.73. The van der Waals surface area contributed by atoms with Gasteiger partial charge < -0.3 is 10.1 Å². The topological polar surface area (TPSA) is 56.3 Å². The number of aromatic amines is 1. The average Bonchev–Trinajstić information content (AvgIpc) is 2.85. The van der Waals surface area contributed by atoms with Gasteiger partial charge in [0.1, 0.15) is 0 Å². The normalized spacial score (nSPS) is 19.6. The molecule has 118 valence electrons. The lowest BCUT2D eigenvalue weighted by Crippen LogP contribution is -2.43. The second-order valence-electron chi connectivity index (χ2n) is 6.23. The highest BCUT2D eigenvalue weighted by Crippen LogP contribution is 2.24. The molecule has 2 heterocycles. The van der Waals surface area contributed by atoms with Crippen molar-refractivity contribution < 1.29 is 9.90 Å². The number of hydrogen-bond donors (Lipinski definition) is 2. The Labute approximate surface area is 131 Å². The van der Waals surface area contributed by atoms with Crippen LogP contribution < -0.4 is 0 Å². The minimum absolute atomic E-state index is 0.180. The Balaban J connectivity index is 1.82. The molecule has 1 fully saturated rings. The fourth-order valence-corrected chi connectivity index (χ4v) is 3.64. The summed E-state index contributed by atoms with van der Waals surface area (Å²) in [5, 5.41) is 10.2. The molecule has 1 aromatic heterocycles. The summed E-state index contributed by atoms with van der Waals surface area (Å²) in [5.41, 5.74) is 2.79. The number of carbonyl (C=O) groups is 1. The van der Waals surface area contributed by atoms with Crippen LogP contribution in [0.2, 0.25) is 0 Å². The molecule has 0 spiro atoms. The number of H-pyrrole nitrogens is 1. The number of aromatic nitrogens is 1. The molecule has 0 amide bonds. The maximum atomic E-state index is 12.8. The molecule has 0 bridgehead atoms. The van der Waals surface area contributed by atoms with Gasteiger partial charge in [-0.2, -0.15) is 0 Å². The van der Waals surface area contributed by atoms with Crippen LogP contribution in [0.3, 0.4) is 0 Å². The maximum absolute atomic E-state index is 12.8.